The van der Waals surface area contributed by atoms with E-state index >= 15 is 0 Å². The molecular formula is C18H28N4O3. The number of nitrogens with two attached hydrogens (primary N) is 1. The van der Waals surface area contributed by atoms with Crippen LogP contribution in [0, 0.1) is 16.0 Å². The highest BCUT2D eigenvalue weighted by Gasteiger charge is 2.28. The summed E-state index contributed by atoms with van der Waals surface area (Å²) in [6, 6.07) is 4.70. The number of benzene rings is 1. The van der Waals surface area contributed by atoms with Gasteiger partial charge < -0.3 is 11.1 Å². The van der Waals surface area contributed by atoms with Crippen molar-refractivity contribution in [2.75, 3.05) is 25.0 Å². The summed E-state index contributed by atoms with van der Waals surface area (Å²) < 4.78 is 0. The Morgan fingerprint density at radius 3 is 2.48 bits per heavy atom. The standard InChI is InChI=1S/C18H28N4O3/c1-3-13(4-2)17(21-9-5-6-10-21)12-20-15-8-7-14(18(19)23)11-16(15)22(24)25/h7-8,11,13,17,20H,3-6,9-10,12H2,1-2H3,(H2,19,23)/t17-/m1/s1. The minimum atomic E-state index is -0.665. The largest absolute Gasteiger partial charge is 0.378 e. The summed E-state index contributed by atoms with van der Waals surface area (Å²) in [6.45, 7) is 7.23. The van der Waals surface area contributed by atoms with E-state index in [0.717, 1.165) is 25.9 Å². The smallest absolute Gasteiger partial charge is 0.293 e. The number of amides is 1. The van der Waals surface area contributed by atoms with Gasteiger partial charge in [-0.1, -0.05) is 26.7 Å². The predicted octanol–water partition coefficient (Wildman–Crippen LogP) is 3.01. The van der Waals surface area contributed by atoms with Crippen molar-refractivity contribution in [2.45, 2.75) is 45.6 Å². The number of hydrogen-bond donors (Lipinski definition) is 2. The Kier molecular flexibility index (Phi) is 6.75. The predicted molar refractivity (Wildman–Crippen MR) is 98.8 cm³/mol. The molecule has 1 aliphatic heterocycles. The van der Waals surface area contributed by atoms with Gasteiger partial charge >= 0.3 is 0 Å². The van der Waals surface area contributed by atoms with Crippen molar-refractivity contribution >= 4 is 17.3 Å². The molecule has 1 aliphatic rings. The van der Waals surface area contributed by atoms with Gasteiger partial charge in [0.2, 0.25) is 5.91 Å². The molecule has 138 valence electrons. The zero-order valence-corrected chi connectivity index (χ0v) is 15.0. The van der Waals surface area contributed by atoms with Crippen LogP contribution in [0.4, 0.5) is 11.4 Å². The number of rotatable bonds is 9. The molecular weight excluding hydrogens is 320 g/mol. The Morgan fingerprint density at radius 2 is 1.96 bits per heavy atom. The lowest BCUT2D eigenvalue weighted by Crippen LogP contribution is -2.43. The van der Waals surface area contributed by atoms with Crippen molar-refractivity contribution in [1.29, 1.82) is 0 Å². The minimum absolute atomic E-state index is 0.110. The van der Waals surface area contributed by atoms with Gasteiger partial charge in [0.1, 0.15) is 5.69 Å². The van der Waals surface area contributed by atoms with Crippen LogP contribution in [0.5, 0.6) is 0 Å². The summed E-state index contributed by atoms with van der Waals surface area (Å²) >= 11 is 0. The van der Waals surface area contributed by atoms with Crippen molar-refractivity contribution in [3.05, 3.63) is 33.9 Å². The fourth-order valence-corrected chi connectivity index (χ4v) is 3.70. The molecule has 1 saturated heterocycles. The molecule has 0 unspecified atom stereocenters. The van der Waals surface area contributed by atoms with E-state index in [1.54, 1.807) is 6.07 Å². The lowest BCUT2D eigenvalue weighted by atomic mass is 9.92. The lowest BCUT2D eigenvalue weighted by Gasteiger charge is -2.34. The van der Waals surface area contributed by atoms with Crippen molar-refractivity contribution < 1.29 is 9.72 Å². The van der Waals surface area contributed by atoms with Crippen LogP contribution in [0.25, 0.3) is 0 Å². The van der Waals surface area contributed by atoms with Gasteiger partial charge in [-0.2, -0.15) is 0 Å². The van der Waals surface area contributed by atoms with Crippen LogP contribution in [-0.4, -0.2) is 41.4 Å². The number of anilines is 1. The number of nitro groups is 1. The summed E-state index contributed by atoms with van der Waals surface area (Å²) in [5.41, 5.74) is 5.70. The van der Waals surface area contributed by atoms with Crippen LogP contribution in [0.3, 0.4) is 0 Å². The molecule has 1 atom stereocenters. The maximum absolute atomic E-state index is 11.3. The fraction of sp³-hybridized carbons (Fsp3) is 0.611. The second-order valence-corrected chi connectivity index (χ2v) is 6.62. The highest BCUT2D eigenvalue weighted by molar-refractivity contribution is 5.94. The third-order valence-corrected chi connectivity index (χ3v) is 5.18. The number of nitrogens with zero attached hydrogens (tertiary/aromatic N) is 2. The summed E-state index contributed by atoms with van der Waals surface area (Å²) in [4.78, 5) is 24.6. The number of primary amides is 1. The molecule has 3 N–H and O–H groups in total. The van der Waals surface area contributed by atoms with Crippen LogP contribution < -0.4 is 11.1 Å². The van der Waals surface area contributed by atoms with Crippen molar-refractivity contribution in [3.8, 4) is 0 Å². The van der Waals surface area contributed by atoms with Crippen LogP contribution in [-0.2, 0) is 0 Å². The SMILES string of the molecule is CCC(CC)[C@@H](CNc1ccc(C(N)=O)cc1[N+](=O)[O-])N1CCCC1. The van der Waals surface area contributed by atoms with Gasteiger partial charge in [0.15, 0.2) is 0 Å². The number of hydrogen-bond acceptors (Lipinski definition) is 5. The second kappa shape index (κ2) is 8.80. The van der Waals surface area contributed by atoms with E-state index < -0.39 is 10.8 Å². The highest BCUT2D eigenvalue weighted by atomic mass is 16.6. The average Bonchev–Trinajstić information content (AvgIpc) is 3.12. The Balaban J connectivity index is 2.18. The molecule has 2 rings (SSSR count). The van der Waals surface area contributed by atoms with E-state index in [1.165, 1.54) is 25.0 Å². The number of carbonyl (C=O) groups is 1. The van der Waals surface area contributed by atoms with E-state index in [1.807, 2.05) is 0 Å². The topological polar surface area (TPSA) is 101 Å². The molecule has 7 heteroatoms. The van der Waals surface area contributed by atoms with Gasteiger partial charge in [-0.15, -0.1) is 0 Å². The first-order valence-corrected chi connectivity index (χ1v) is 9.04. The number of likely N-dealkylation sites (tertiary alicyclic amines) is 1. The molecule has 7 nitrogen and oxygen atoms in total. The number of nitrogens with one attached hydrogen (secondary N) is 1. The Labute approximate surface area is 148 Å². The fourth-order valence-electron chi connectivity index (χ4n) is 3.70. The summed E-state index contributed by atoms with van der Waals surface area (Å²) in [7, 11) is 0. The second-order valence-electron chi connectivity index (χ2n) is 6.62. The molecule has 0 aliphatic carbocycles. The monoisotopic (exact) mass is 348 g/mol. The van der Waals surface area contributed by atoms with Crippen LogP contribution >= 0.6 is 0 Å². The molecule has 1 aromatic rings. The third kappa shape index (κ3) is 4.69. The molecule has 0 radical (unpaired) electrons. The van der Waals surface area contributed by atoms with Crippen LogP contribution in [0.15, 0.2) is 18.2 Å². The van der Waals surface area contributed by atoms with Crippen molar-refractivity contribution in [3.63, 3.8) is 0 Å². The Morgan fingerprint density at radius 1 is 1.32 bits per heavy atom. The molecule has 25 heavy (non-hydrogen) atoms. The van der Waals surface area contributed by atoms with E-state index in [-0.39, 0.29) is 11.3 Å². The molecule has 0 aromatic heterocycles. The first-order valence-electron chi connectivity index (χ1n) is 9.04. The van der Waals surface area contributed by atoms with Gasteiger partial charge in [0, 0.05) is 24.2 Å². The van der Waals surface area contributed by atoms with Gasteiger partial charge in [0.25, 0.3) is 5.69 Å². The molecule has 1 aromatic carbocycles. The summed E-state index contributed by atoms with van der Waals surface area (Å²) in [5, 5.41) is 14.6. The Bertz CT molecular complexity index is 608. The molecule has 1 heterocycles. The quantitative estimate of drug-likeness (QED) is 0.527. The average molecular weight is 348 g/mol. The summed E-state index contributed by atoms with van der Waals surface area (Å²) in [5.74, 6) is -0.115. The van der Waals surface area contributed by atoms with Crippen LogP contribution in [0.2, 0.25) is 0 Å². The summed E-state index contributed by atoms with van der Waals surface area (Å²) in [6.07, 6.45) is 4.60. The zero-order valence-electron chi connectivity index (χ0n) is 15.0. The van der Waals surface area contributed by atoms with E-state index in [4.69, 9.17) is 5.73 Å². The first-order chi connectivity index (χ1) is 12.0. The van der Waals surface area contributed by atoms with Gasteiger partial charge in [-0.25, -0.2) is 0 Å². The van der Waals surface area contributed by atoms with E-state index in [0.29, 0.717) is 24.2 Å². The molecule has 0 bridgehead atoms. The Hall–Kier alpha value is -2.15. The molecule has 0 saturated carbocycles. The molecule has 1 fully saturated rings. The minimum Gasteiger partial charge on any atom is -0.378 e. The zero-order chi connectivity index (χ0) is 18.4. The van der Waals surface area contributed by atoms with Gasteiger partial charge in [-0.3, -0.25) is 19.8 Å². The van der Waals surface area contributed by atoms with Gasteiger partial charge in [-0.05, 0) is 44.0 Å². The maximum atomic E-state index is 11.3. The van der Waals surface area contributed by atoms with Crippen LogP contribution in [0.1, 0.15) is 49.9 Å². The third-order valence-electron chi connectivity index (χ3n) is 5.18. The lowest BCUT2D eigenvalue weighted by molar-refractivity contribution is -0.384. The normalized spacial score (nSPS) is 16.1. The molecule has 0 spiro atoms. The number of carbonyl (C=O) groups excluding carboxylic acids is 1. The molecule has 1 amide bonds. The van der Waals surface area contributed by atoms with E-state index in [9.17, 15) is 14.9 Å². The van der Waals surface area contributed by atoms with Crippen molar-refractivity contribution in [1.82, 2.24) is 4.90 Å². The number of nitro benzene ring substituents is 1. The highest BCUT2D eigenvalue weighted by Crippen LogP contribution is 2.28. The first kappa shape index (κ1) is 19.2. The van der Waals surface area contributed by atoms with Gasteiger partial charge in [0.05, 0.1) is 4.92 Å². The van der Waals surface area contributed by atoms with Crippen molar-refractivity contribution in [2.24, 2.45) is 11.7 Å². The van der Waals surface area contributed by atoms with E-state index in [2.05, 4.69) is 24.1 Å². The maximum Gasteiger partial charge on any atom is 0.293 e.